The number of carbonyl (C=O) groups excluding carboxylic acids is 1. The Labute approximate surface area is 72.0 Å². The average molecular weight is 170 g/mol. The Bertz CT molecular complexity index is 204. The Balaban J connectivity index is 1.91. The predicted octanol–water partition coefficient (Wildman–Crippen LogP) is 1.96. The summed E-state index contributed by atoms with van der Waals surface area (Å²) < 4.78 is 9.88. The van der Waals surface area contributed by atoms with E-state index in [1.54, 1.807) is 0 Å². The van der Waals surface area contributed by atoms with Crippen molar-refractivity contribution in [2.45, 2.75) is 32.3 Å². The first-order valence-corrected chi connectivity index (χ1v) is 4.47. The standard InChI is InChI=1S/C9H14O3/c1-6(2)7-3-9(4-7)5-11-8(10)12-9/h6-7H,3-5H2,1-2H3/t7-,9-. The van der Waals surface area contributed by atoms with E-state index >= 15 is 0 Å². The molecule has 2 fully saturated rings. The predicted molar refractivity (Wildman–Crippen MR) is 42.7 cm³/mol. The van der Waals surface area contributed by atoms with Crippen molar-refractivity contribution in [2.75, 3.05) is 6.61 Å². The van der Waals surface area contributed by atoms with Crippen molar-refractivity contribution in [3.05, 3.63) is 0 Å². The summed E-state index contributed by atoms with van der Waals surface area (Å²) in [7, 11) is 0. The molecule has 0 aromatic carbocycles. The maximum absolute atomic E-state index is 10.7. The van der Waals surface area contributed by atoms with E-state index in [2.05, 4.69) is 13.8 Å². The third-order valence-corrected chi connectivity index (χ3v) is 2.96. The molecule has 12 heavy (non-hydrogen) atoms. The second kappa shape index (κ2) is 2.38. The minimum atomic E-state index is -0.489. The summed E-state index contributed by atoms with van der Waals surface area (Å²) in [6, 6.07) is 0. The lowest BCUT2D eigenvalue weighted by atomic mass is 9.66. The first-order chi connectivity index (χ1) is 5.61. The average Bonchev–Trinajstić information content (AvgIpc) is 2.27. The van der Waals surface area contributed by atoms with Crippen LogP contribution in [0.1, 0.15) is 26.7 Å². The summed E-state index contributed by atoms with van der Waals surface area (Å²) in [5.41, 5.74) is -0.230. The zero-order chi connectivity index (χ0) is 8.77. The molecule has 1 heterocycles. The number of hydrogen-bond acceptors (Lipinski definition) is 3. The highest BCUT2D eigenvalue weighted by molar-refractivity contribution is 5.63. The van der Waals surface area contributed by atoms with Crippen LogP contribution in [0.3, 0.4) is 0 Å². The maximum Gasteiger partial charge on any atom is 0.509 e. The summed E-state index contributed by atoms with van der Waals surface area (Å²) in [6.45, 7) is 4.87. The molecule has 0 amide bonds. The number of cyclic esters (lactones) is 1. The molecule has 0 aromatic rings. The smallest absolute Gasteiger partial charge is 0.430 e. The second-order valence-electron chi connectivity index (χ2n) is 4.24. The van der Waals surface area contributed by atoms with Crippen molar-refractivity contribution >= 4 is 6.16 Å². The summed E-state index contributed by atoms with van der Waals surface area (Å²) in [4.78, 5) is 10.7. The molecule has 1 aliphatic heterocycles. The fraction of sp³-hybridized carbons (Fsp3) is 0.889. The van der Waals surface area contributed by atoms with Crippen LogP contribution in [0.2, 0.25) is 0 Å². The van der Waals surface area contributed by atoms with Crippen LogP contribution in [0, 0.1) is 11.8 Å². The van der Waals surface area contributed by atoms with Gasteiger partial charge in [0.15, 0.2) is 5.60 Å². The summed E-state index contributed by atoms with van der Waals surface area (Å²) in [5.74, 6) is 1.40. The van der Waals surface area contributed by atoms with E-state index in [9.17, 15) is 4.79 Å². The molecule has 0 bridgehead atoms. The lowest BCUT2D eigenvalue weighted by Crippen LogP contribution is -2.47. The molecule has 1 saturated carbocycles. The lowest BCUT2D eigenvalue weighted by Gasteiger charge is -2.43. The molecule has 3 heteroatoms. The third-order valence-electron chi connectivity index (χ3n) is 2.96. The van der Waals surface area contributed by atoms with Crippen LogP contribution in [-0.4, -0.2) is 18.4 Å². The highest BCUT2D eigenvalue weighted by atomic mass is 16.8. The fourth-order valence-electron chi connectivity index (χ4n) is 1.99. The lowest BCUT2D eigenvalue weighted by molar-refractivity contribution is -0.0625. The van der Waals surface area contributed by atoms with Crippen LogP contribution >= 0.6 is 0 Å². The quantitative estimate of drug-likeness (QED) is 0.564. The molecule has 68 valence electrons. The third kappa shape index (κ3) is 1.08. The van der Waals surface area contributed by atoms with Gasteiger partial charge >= 0.3 is 6.16 Å². The van der Waals surface area contributed by atoms with E-state index in [-0.39, 0.29) is 5.60 Å². The molecule has 2 rings (SSSR count). The SMILES string of the molecule is CC(C)[C@H]1C[C@@]2(COC(=O)O2)C1. The normalized spacial score (nSPS) is 39.6. The number of ether oxygens (including phenoxy) is 2. The Kier molecular flexibility index (Phi) is 1.56. The molecule has 2 aliphatic rings. The van der Waals surface area contributed by atoms with Gasteiger partial charge < -0.3 is 9.47 Å². The molecule has 3 nitrogen and oxygen atoms in total. The van der Waals surface area contributed by atoms with Gasteiger partial charge in [-0.1, -0.05) is 13.8 Å². The molecule has 0 N–H and O–H groups in total. The first kappa shape index (κ1) is 7.90. The Hall–Kier alpha value is -0.730. The van der Waals surface area contributed by atoms with Gasteiger partial charge in [0.25, 0.3) is 0 Å². The molecule has 0 radical (unpaired) electrons. The van der Waals surface area contributed by atoms with Crippen LogP contribution in [-0.2, 0) is 9.47 Å². The largest absolute Gasteiger partial charge is 0.509 e. The van der Waals surface area contributed by atoms with Gasteiger partial charge in [0.05, 0.1) is 0 Å². The van der Waals surface area contributed by atoms with Crippen LogP contribution in [0.25, 0.3) is 0 Å². The van der Waals surface area contributed by atoms with Gasteiger partial charge in [-0.25, -0.2) is 4.79 Å². The van der Waals surface area contributed by atoms with E-state index in [1.807, 2.05) is 0 Å². The zero-order valence-corrected chi connectivity index (χ0v) is 7.50. The molecule has 0 atom stereocenters. The van der Waals surface area contributed by atoms with Crippen LogP contribution in [0.5, 0.6) is 0 Å². The van der Waals surface area contributed by atoms with Gasteiger partial charge in [-0.2, -0.15) is 0 Å². The van der Waals surface area contributed by atoms with E-state index in [4.69, 9.17) is 9.47 Å². The van der Waals surface area contributed by atoms with Gasteiger partial charge in [0.1, 0.15) is 6.61 Å². The van der Waals surface area contributed by atoms with Crippen LogP contribution in [0.15, 0.2) is 0 Å². The summed E-state index contributed by atoms with van der Waals surface area (Å²) >= 11 is 0. The summed E-state index contributed by atoms with van der Waals surface area (Å²) in [5, 5.41) is 0. The van der Waals surface area contributed by atoms with Gasteiger partial charge in [-0.05, 0) is 24.7 Å². The molecule has 1 saturated heterocycles. The molecule has 1 aliphatic carbocycles. The molecule has 0 unspecified atom stereocenters. The van der Waals surface area contributed by atoms with Gasteiger partial charge in [-0.15, -0.1) is 0 Å². The van der Waals surface area contributed by atoms with Crippen LogP contribution in [0.4, 0.5) is 4.79 Å². The van der Waals surface area contributed by atoms with Gasteiger partial charge in [0.2, 0.25) is 0 Å². The molecular weight excluding hydrogens is 156 g/mol. The topological polar surface area (TPSA) is 35.5 Å². The maximum atomic E-state index is 10.7. The van der Waals surface area contributed by atoms with E-state index in [0.717, 1.165) is 12.8 Å². The van der Waals surface area contributed by atoms with Crippen molar-refractivity contribution in [3.63, 3.8) is 0 Å². The second-order valence-corrected chi connectivity index (χ2v) is 4.24. The Morgan fingerprint density at radius 1 is 1.50 bits per heavy atom. The van der Waals surface area contributed by atoms with Crippen molar-refractivity contribution < 1.29 is 14.3 Å². The molecule has 1 spiro atoms. The highest BCUT2D eigenvalue weighted by Gasteiger charge is 2.53. The van der Waals surface area contributed by atoms with E-state index < -0.39 is 6.16 Å². The number of rotatable bonds is 1. The van der Waals surface area contributed by atoms with Crippen molar-refractivity contribution in [1.82, 2.24) is 0 Å². The zero-order valence-electron chi connectivity index (χ0n) is 7.50. The Morgan fingerprint density at radius 2 is 2.17 bits per heavy atom. The van der Waals surface area contributed by atoms with Crippen molar-refractivity contribution in [3.8, 4) is 0 Å². The minimum absolute atomic E-state index is 0.230. The summed E-state index contributed by atoms with van der Waals surface area (Å²) in [6.07, 6.45) is 1.48. The van der Waals surface area contributed by atoms with Gasteiger partial charge in [0, 0.05) is 0 Å². The Morgan fingerprint density at radius 3 is 2.58 bits per heavy atom. The highest BCUT2D eigenvalue weighted by Crippen LogP contribution is 2.47. The van der Waals surface area contributed by atoms with Crippen molar-refractivity contribution in [1.29, 1.82) is 0 Å². The van der Waals surface area contributed by atoms with E-state index in [1.165, 1.54) is 0 Å². The molecular formula is C9H14O3. The van der Waals surface area contributed by atoms with E-state index in [0.29, 0.717) is 18.4 Å². The number of hydrogen-bond donors (Lipinski definition) is 0. The fourth-order valence-corrected chi connectivity index (χ4v) is 1.99. The van der Waals surface area contributed by atoms with Crippen molar-refractivity contribution in [2.24, 2.45) is 11.8 Å². The monoisotopic (exact) mass is 170 g/mol. The minimum Gasteiger partial charge on any atom is -0.430 e. The van der Waals surface area contributed by atoms with Crippen LogP contribution < -0.4 is 0 Å². The number of carbonyl (C=O) groups is 1. The molecule has 0 aromatic heterocycles. The van der Waals surface area contributed by atoms with Gasteiger partial charge in [-0.3, -0.25) is 0 Å². The first-order valence-electron chi connectivity index (χ1n) is 4.47.